The van der Waals surface area contributed by atoms with Crippen LogP contribution < -0.4 is 4.74 Å². The molecule has 0 bridgehead atoms. The van der Waals surface area contributed by atoms with E-state index in [1.54, 1.807) is 25.4 Å². The van der Waals surface area contributed by atoms with Crippen LogP contribution in [0.25, 0.3) is 11.1 Å². The van der Waals surface area contributed by atoms with Gasteiger partial charge in [-0.2, -0.15) is 4.39 Å². The van der Waals surface area contributed by atoms with Crippen LogP contribution in [0.4, 0.5) is 8.78 Å². The van der Waals surface area contributed by atoms with Crippen LogP contribution in [0.3, 0.4) is 0 Å². The van der Waals surface area contributed by atoms with Gasteiger partial charge in [0.2, 0.25) is 5.82 Å². The molecule has 1 aliphatic carbocycles. The van der Waals surface area contributed by atoms with Crippen LogP contribution in [0, 0.1) is 11.6 Å². The van der Waals surface area contributed by atoms with Gasteiger partial charge in [0.15, 0.2) is 11.6 Å². The van der Waals surface area contributed by atoms with Crippen LogP contribution in [0.2, 0.25) is 0 Å². The molecule has 3 rings (SSSR count). The van der Waals surface area contributed by atoms with Gasteiger partial charge < -0.3 is 9.47 Å². The van der Waals surface area contributed by atoms with E-state index in [0.29, 0.717) is 12.2 Å². The smallest absolute Gasteiger partial charge is 0.201 e. The molecule has 0 radical (unpaired) electrons. The van der Waals surface area contributed by atoms with Crippen molar-refractivity contribution in [1.82, 2.24) is 9.97 Å². The second-order valence-corrected chi connectivity index (χ2v) is 6.60. The Morgan fingerprint density at radius 1 is 1.11 bits per heavy atom. The quantitative estimate of drug-likeness (QED) is 0.636. The largest absolute Gasteiger partial charge is 0.491 e. The molecule has 6 heteroatoms. The third kappa shape index (κ3) is 4.50. The monoisotopic (exact) mass is 374 g/mol. The molecule has 0 amide bonds. The van der Waals surface area contributed by atoms with Gasteiger partial charge in [-0.05, 0) is 44.7 Å². The molecule has 1 heterocycles. The topological polar surface area (TPSA) is 44.2 Å². The maximum absolute atomic E-state index is 14.3. The van der Waals surface area contributed by atoms with E-state index >= 15 is 0 Å². The van der Waals surface area contributed by atoms with Crippen molar-refractivity contribution in [3.8, 4) is 16.9 Å². The number of hydrogen-bond donors (Lipinski definition) is 0. The van der Waals surface area contributed by atoms with Crippen LogP contribution >= 0.6 is 0 Å². The normalized spacial score (nSPS) is 19.7. The second kappa shape index (κ2) is 9.04. The number of ether oxygens (including phenoxy) is 2. The molecule has 0 unspecified atom stereocenters. The number of rotatable bonds is 7. The summed E-state index contributed by atoms with van der Waals surface area (Å²) in [5, 5.41) is 0. The molecule has 1 saturated carbocycles. The third-order valence-electron chi connectivity index (χ3n) is 4.82. The van der Waals surface area contributed by atoms with E-state index in [0.717, 1.165) is 31.5 Å². The summed E-state index contributed by atoms with van der Waals surface area (Å²) in [4.78, 5) is 8.81. The lowest BCUT2D eigenvalue weighted by Gasteiger charge is -2.27. The van der Waals surface area contributed by atoms with Gasteiger partial charge in [0.1, 0.15) is 5.82 Å². The highest BCUT2D eigenvalue weighted by molar-refractivity contribution is 5.63. The Morgan fingerprint density at radius 2 is 1.81 bits per heavy atom. The standard InChI is InChI=1S/C21H24F2N2O2/c1-3-11-27-16-7-5-14(6-8-16)21-24-12-15(13-25-21)17-9-10-18(26-4-2)20(23)19(17)22/h3,9-10,12-14,16H,1,4-8,11H2,2H3. The van der Waals surface area contributed by atoms with E-state index in [1.807, 2.05) is 0 Å². The molecule has 0 N–H and O–H groups in total. The van der Waals surface area contributed by atoms with E-state index in [1.165, 1.54) is 12.1 Å². The van der Waals surface area contributed by atoms with E-state index in [9.17, 15) is 8.78 Å². The lowest BCUT2D eigenvalue weighted by atomic mass is 9.86. The van der Waals surface area contributed by atoms with E-state index < -0.39 is 11.6 Å². The minimum atomic E-state index is -0.990. The van der Waals surface area contributed by atoms with Crippen molar-refractivity contribution in [2.75, 3.05) is 13.2 Å². The second-order valence-electron chi connectivity index (χ2n) is 6.60. The fourth-order valence-corrected chi connectivity index (χ4v) is 3.40. The highest BCUT2D eigenvalue weighted by Gasteiger charge is 2.24. The first-order chi connectivity index (χ1) is 13.1. The number of benzene rings is 1. The van der Waals surface area contributed by atoms with Crippen molar-refractivity contribution in [3.05, 3.63) is 54.6 Å². The zero-order valence-electron chi connectivity index (χ0n) is 15.5. The molecule has 1 aliphatic rings. The van der Waals surface area contributed by atoms with Crippen LogP contribution in [0.1, 0.15) is 44.3 Å². The van der Waals surface area contributed by atoms with Crippen molar-refractivity contribution >= 4 is 0 Å². The van der Waals surface area contributed by atoms with Crippen molar-refractivity contribution < 1.29 is 18.3 Å². The SMILES string of the molecule is C=CCOC1CCC(c2ncc(-c3ccc(OCC)c(F)c3F)cn2)CC1. The third-order valence-corrected chi connectivity index (χ3v) is 4.82. The first kappa shape index (κ1) is 19.4. The summed E-state index contributed by atoms with van der Waals surface area (Å²) in [7, 11) is 0. The number of hydrogen-bond acceptors (Lipinski definition) is 4. The molecule has 144 valence electrons. The minimum Gasteiger partial charge on any atom is -0.491 e. The lowest BCUT2D eigenvalue weighted by Crippen LogP contribution is -2.21. The van der Waals surface area contributed by atoms with Crippen molar-refractivity contribution in [2.24, 2.45) is 0 Å². The average Bonchev–Trinajstić information content (AvgIpc) is 2.71. The molecule has 1 aromatic heterocycles. The van der Waals surface area contributed by atoms with Gasteiger partial charge in [-0.1, -0.05) is 6.08 Å². The number of aromatic nitrogens is 2. The number of nitrogens with zero attached hydrogens (tertiary/aromatic N) is 2. The molecule has 4 nitrogen and oxygen atoms in total. The van der Waals surface area contributed by atoms with Gasteiger partial charge in [0.05, 0.1) is 19.3 Å². The van der Waals surface area contributed by atoms with Crippen LogP contribution in [0.15, 0.2) is 37.2 Å². The molecule has 27 heavy (non-hydrogen) atoms. The summed E-state index contributed by atoms with van der Waals surface area (Å²) in [5.74, 6) is -1.02. The van der Waals surface area contributed by atoms with Crippen molar-refractivity contribution in [1.29, 1.82) is 0 Å². The summed E-state index contributed by atoms with van der Waals surface area (Å²) in [6, 6.07) is 2.92. The zero-order valence-corrected chi connectivity index (χ0v) is 15.5. The van der Waals surface area contributed by atoms with E-state index in [4.69, 9.17) is 9.47 Å². The molecule has 0 atom stereocenters. The molecule has 1 aromatic carbocycles. The molecular weight excluding hydrogens is 350 g/mol. The van der Waals surface area contributed by atoms with Gasteiger partial charge in [-0.25, -0.2) is 14.4 Å². The number of halogens is 2. The van der Waals surface area contributed by atoms with Gasteiger partial charge >= 0.3 is 0 Å². The Labute approximate surface area is 158 Å². The summed E-state index contributed by atoms with van der Waals surface area (Å²) in [6.45, 7) is 6.23. The maximum atomic E-state index is 14.3. The minimum absolute atomic E-state index is 0.0910. The molecule has 0 spiro atoms. The first-order valence-electron chi connectivity index (χ1n) is 9.29. The van der Waals surface area contributed by atoms with Gasteiger partial charge in [0.25, 0.3) is 0 Å². The fourth-order valence-electron chi connectivity index (χ4n) is 3.40. The average molecular weight is 374 g/mol. The van der Waals surface area contributed by atoms with Gasteiger partial charge in [-0.15, -0.1) is 6.58 Å². The maximum Gasteiger partial charge on any atom is 0.201 e. The summed E-state index contributed by atoms with van der Waals surface area (Å²) in [5.41, 5.74) is 0.574. The lowest BCUT2D eigenvalue weighted by molar-refractivity contribution is 0.0417. The van der Waals surface area contributed by atoms with Crippen LogP contribution in [-0.2, 0) is 4.74 Å². The summed E-state index contributed by atoms with van der Waals surface area (Å²) in [6.07, 6.45) is 8.96. The zero-order chi connectivity index (χ0) is 19.2. The Kier molecular flexibility index (Phi) is 6.50. The van der Waals surface area contributed by atoms with Gasteiger partial charge in [0, 0.05) is 29.4 Å². The Balaban J connectivity index is 1.69. The molecule has 1 fully saturated rings. The van der Waals surface area contributed by atoms with Gasteiger partial charge in [-0.3, -0.25) is 0 Å². The Hall–Kier alpha value is -2.34. The highest BCUT2D eigenvalue weighted by Crippen LogP contribution is 2.33. The van der Waals surface area contributed by atoms with Crippen LogP contribution in [0.5, 0.6) is 5.75 Å². The molecule has 0 aliphatic heterocycles. The van der Waals surface area contributed by atoms with Crippen LogP contribution in [-0.4, -0.2) is 29.3 Å². The molecule has 2 aromatic rings. The fraction of sp³-hybridized carbons (Fsp3) is 0.429. The Bertz CT molecular complexity index is 772. The van der Waals surface area contributed by atoms with E-state index in [2.05, 4.69) is 16.5 Å². The summed E-state index contributed by atoms with van der Waals surface area (Å²) < 4.78 is 39.2. The molecular formula is C21H24F2N2O2. The van der Waals surface area contributed by atoms with Crippen molar-refractivity contribution in [3.63, 3.8) is 0 Å². The predicted molar refractivity (Wildman–Crippen MR) is 99.7 cm³/mol. The molecule has 0 saturated heterocycles. The van der Waals surface area contributed by atoms with E-state index in [-0.39, 0.29) is 29.9 Å². The van der Waals surface area contributed by atoms with Crippen molar-refractivity contribution in [2.45, 2.75) is 44.6 Å². The highest BCUT2D eigenvalue weighted by atomic mass is 19.2. The Morgan fingerprint density at radius 3 is 2.44 bits per heavy atom. The summed E-state index contributed by atoms with van der Waals surface area (Å²) >= 11 is 0. The predicted octanol–water partition coefficient (Wildman–Crippen LogP) is 5.05. The first-order valence-corrected chi connectivity index (χ1v) is 9.29.